The van der Waals surface area contributed by atoms with E-state index >= 15 is 0 Å². The van der Waals surface area contributed by atoms with E-state index in [1.165, 1.54) is 11.0 Å². The predicted octanol–water partition coefficient (Wildman–Crippen LogP) is 4.13. The van der Waals surface area contributed by atoms with Crippen molar-refractivity contribution in [1.82, 2.24) is 0 Å². The Balaban J connectivity index is 1.88. The lowest BCUT2D eigenvalue weighted by atomic mass is 10.0. The van der Waals surface area contributed by atoms with Gasteiger partial charge in [0.1, 0.15) is 11.6 Å². The van der Waals surface area contributed by atoms with Crippen LogP contribution in [0.2, 0.25) is 0 Å². The molecule has 0 unspecified atom stereocenters. The summed E-state index contributed by atoms with van der Waals surface area (Å²) in [5.74, 6) is -0.200. The number of rotatable bonds is 6. The number of nitrogens with zero attached hydrogens (tertiary/aromatic N) is 1. The van der Waals surface area contributed by atoms with Crippen LogP contribution in [-0.4, -0.2) is 18.4 Å². The molecule has 6 heteroatoms. The maximum Gasteiger partial charge on any atom is 0.265 e. The van der Waals surface area contributed by atoms with Crippen molar-refractivity contribution in [1.29, 1.82) is 0 Å². The first-order chi connectivity index (χ1) is 13.0. The van der Waals surface area contributed by atoms with Gasteiger partial charge in [0, 0.05) is 17.2 Å². The molecule has 1 heterocycles. The first-order valence-electron chi connectivity index (χ1n) is 9.15. The molecule has 142 valence electrons. The molecule has 1 aliphatic rings. The first kappa shape index (κ1) is 18.9. The Labute approximate surface area is 158 Å². The second-order valence-corrected chi connectivity index (χ2v) is 6.55. The van der Waals surface area contributed by atoms with Gasteiger partial charge in [0.25, 0.3) is 5.91 Å². The van der Waals surface area contributed by atoms with E-state index < -0.39 is 0 Å². The molecule has 0 aliphatic carbocycles. The molecule has 1 N–H and O–H groups in total. The van der Waals surface area contributed by atoms with E-state index in [9.17, 15) is 14.0 Å². The molecule has 0 atom stereocenters. The zero-order chi connectivity index (χ0) is 19.4. The highest BCUT2D eigenvalue weighted by molar-refractivity contribution is 5.99. The highest BCUT2D eigenvalue weighted by Gasteiger charge is 2.27. The van der Waals surface area contributed by atoms with Gasteiger partial charge in [-0.25, -0.2) is 4.39 Å². The van der Waals surface area contributed by atoms with Crippen LogP contribution in [0.3, 0.4) is 0 Å². The van der Waals surface area contributed by atoms with E-state index in [0.29, 0.717) is 22.7 Å². The van der Waals surface area contributed by atoms with Gasteiger partial charge in [0.05, 0.1) is 12.2 Å². The van der Waals surface area contributed by atoms with Gasteiger partial charge in [0.15, 0.2) is 6.61 Å². The Bertz CT molecular complexity index is 849. The minimum Gasteiger partial charge on any atom is -0.482 e. The second-order valence-electron chi connectivity index (χ2n) is 6.55. The fourth-order valence-corrected chi connectivity index (χ4v) is 3.15. The number of benzene rings is 2. The number of halogens is 1. The van der Waals surface area contributed by atoms with E-state index in [2.05, 4.69) is 5.32 Å². The molecule has 0 fully saturated rings. The van der Waals surface area contributed by atoms with Gasteiger partial charge in [-0.1, -0.05) is 32.0 Å². The van der Waals surface area contributed by atoms with Crippen LogP contribution < -0.4 is 15.0 Å². The standard InChI is InChI=1S/C21H23FN2O3/c1-3-14(4-2)21(26)23-16-9-10-19-18(11-16)24(20(25)13-27-19)12-15-7-5-6-8-17(15)22/h5-11,14H,3-4,12-13H2,1-2H3,(H,23,26). The van der Waals surface area contributed by atoms with Gasteiger partial charge in [-0.05, 0) is 37.1 Å². The van der Waals surface area contributed by atoms with Crippen molar-refractivity contribution in [2.45, 2.75) is 33.2 Å². The maximum atomic E-state index is 14.0. The normalized spacial score (nSPS) is 13.3. The lowest BCUT2D eigenvalue weighted by Crippen LogP contribution is -2.38. The van der Waals surface area contributed by atoms with Gasteiger partial charge in [0.2, 0.25) is 5.91 Å². The number of amides is 2. The Morgan fingerprint density at radius 3 is 2.67 bits per heavy atom. The topological polar surface area (TPSA) is 58.6 Å². The van der Waals surface area contributed by atoms with Crippen LogP contribution in [0, 0.1) is 11.7 Å². The summed E-state index contributed by atoms with van der Waals surface area (Å²) in [5, 5.41) is 2.90. The molecule has 2 aromatic rings. The molecule has 1 aliphatic heterocycles. The van der Waals surface area contributed by atoms with Crippen LogP contribution in [0.25, 0.3) is 0 Å². The minimum atomic E-state index is -0.364. The number of ether oxygens (including phenoxy) is 1. The molecule has 0 radical (unpaired) electrons. The van der Waals surface area contributed by atoms with Gasteiger partial charge < -0.3 is 15.0 Å². The zero-order valence-electron chi connectivity index (χ0n) is 15.5. The number of anilines is 2. The third-order valence-electron chi connectivity index (χ3n) is 4.81. The average molecular weight is 370 g/mol. The highest BCUT2D eigenvalue weighted by atomic mass is 19.1. The SMILES string of the molecule is CCC(CC)C(=O)Nc1ccc2c(c1)N(Cc1ccccc1F)C(=O)CO2. The summed E-state index contributed by atoms with van der Waals surface area (Å²) < 4.78 is 19.5. The van der Waals surface area contributed by atoms with Gasteiger partial charge in [-0.2, -0.15) is 0 Å². The summed E-state index contributed by atoms with van der Waals surface area (Å²) in [6.45, 7) is 3.96. The van der Waals surface area contributed by atoms with Crippen LogP contribution in [-0.2, 0) is 16.1 Å². The third kappa shape index (κ3) is 4.10. The van der Waals surface area contributed by atoms with E-state index in [-0.39, 0.29) is 36.7 Å². The Hall–Kier alpha value is -2.89. The smallest absolute Gasteiger partial charge is 0.265 e. The molecule has 2 aromatic carbocycles. The number of fused-ring (bicyclic) bond motifs is 1. The minimum absolute atomic E-state index is 0.0522. The van der Waals surface area contributed by atoms with Crippen molar-refractivity contribution >= 4 is 23.2 Å². The molecule has 3 rings (SSSR count). The highest BCUT2D eigenvalue weighted by Crippen LogP contribution is 2.36. The van der Waals surface area contributed by atoms with E-state index in [0.717, 1.165) is 12.8 Å². The molecule has 0 aromatic heterocycles. The Morgan fingerprint density at radius 1 is 1.22 bits per heavy atom. The Morgan fingerprint density at radius 2 is 1.96 bits per heavy atom. The molecule has 27 heavy (non-hydrogen) atoms. The van der Waals surface area contributed by atoms with Crippen molar-refractivity contribution in [3.05, 3.63) is 53.8 Å². The van der Waals surface area contributed by atoms with Crippen LogP contribution >= 0.6 is 0 Å². The predicted molar refractivity (Wildman–Crippen MR) is 102 cm³/mol. The van der Waals surface area contributed by atoms with E-state index in [1.54, 1.807) is 36.4 Å². The Kier molecular flexibility index (Phi) is 5.74. The zero-order valence-corrected chi connectivity index (χ0v) is 15.5. The van der Waals surface area contributed by atoms with Crippen LogP contribution in [0.15, 0.2) is 42.5 Å². The van der Waals surface area contributed by atoms with Crippen molar-refractivity contribution in [2.75, 3.05) is 16.8 Å². The molecule has 0 bridgehead atoms. The van der Waals surface area contributed by atoms with Gasteiger partial charge >= 0.3 is 0 Å². The molecule has 0 saturated carbocycles. The summed E-state index contributed by atoms with van der Waals surface area (Å²) in [7, 11) is 0. The van der Waals surface area contributed by atoms with E-state index in [1.807, 2.05) is 13.8 Å². The number of hydrogen-bond acceptors (Lipinski definition) is 3. The molecular formula is C21H23FN2O3. The summed E-state index contributed by atoms with van der Waals surface area (Å²) >= 11 is 0. The fraction of sp³-hybridized carbons (Fsp3) is 0.333. The molecule has 0 saturated heterocycles. The van der Waals surface area contributed by atoms with Crippen molar-refractivity contribution in [2.24, 2.45) is 5.92 Å². The van der Waals surface area contributed by atoms with Gasteiger partial charge in [-0.15, -0.1) is 0 Å². The molecular weight excluding hydrogens is 347 g/mol. The van der Waals surface area contributed by atoms with Crippen molar-refractivity contribution in [3.8, 4) is 5.75 Å². The average Bonchev–Trinajstić information content (AvgIpc) is 2.66. The second kappa shape index (κ2) is 8.20. The van der Waals surface area contributed by atoms with Crippen molar-refractivity contribution in [3.63, 3.8) is 0 Å². The molecule has 0 spiro atoms. The number of carbonyl (C=O) groups excluding carboxylic acids is 2. The summed E-state index contributed by atoms with van der Waals surface area (Å²) in [4.78, 5) is 26.2. The maximum absolute atomic E-state index is 14.0. The quantitative estimate of drug-likeness (QED) is 0.832. The largest absolute Gasteiger partial charge is 0.482 e. The van der Waals surface area contributed by atoms with Crippen LogP contribution in [0.5, 0.6) is 5.75 Å². The van der Waals surface area contributed by atoms with Crippen LogP contribution in [0.1, 0.15) is 32.3 Å². The molecule has 2 amide bonds. The van der Waals surface area contributed by atoms with Crippen molar-refractivity contribution < 1.29 is 18.7 Å². The van der Waals surface area contributed by atoms with Gasteiger partial charge in [-0.3, -0.25) is 9.59 Å². The number of carbonyl (C=O) groups is 2. The van der Waals surface area contributed by atoms with Crippen LogP contribution in [0.4, 0.5) is 15.8 Å². The summed E-state index contributed by atoms with van der Waals surface area (Å²) in [6, 6.07) is 11.5. The number of nitrogens with one attached hydrogen (secondary N) is 1. The molecule has 5 nitrogen and oxygen atoms in total. The lowest BCUT2D eigenvalue weighted by molar-refractivity contribution is -0.121. The fourth-order valence-electron chi connectivity index (χ4n) is 3.15. The number of hydrogen-bond donors (Lipinski definition) is 1. The lowest BCUT2D eigenvalue weighted by Gasteiger charge is -2.30. The van der Waals surface area contributed by atoms with E-state index in [4.69, 9.17) is 4.74 Å². The third-order valence-corrected chi connectivity index (χ3v) is 4.81. The summed E-state index contributed by atoms with van der Waals surface area (Å²) in [6.07, 6.45) is 1.52. The first-order valence-corrected chi connectivity index (χ1v) is 9.15. The monoisotopic (exact) mass is 370 g/mol. The summed E-state index contributed by atoms with van der Waals surface area (Å²) in [5.41, 5.74) is 1.53.